The van der Waals surface area contributed by atoms with Crippen LogP contribution in [0.3, 0.4) is 0 Å². The topological polar surface area (TPSA) is 90.7 Å². The highest BCUT2D eigenvalue weighted by Crippen LogP contribution is 2.38. The first-order chi connectivity index (χ1) is 9.61. The van der Waals surface area contributed by atoms with Crippen LogP contribution in [-0.2, 0) is 9.36 Å². The molecule has 1 aromatic carbocycles. The molecule has 0 bridgehead atoms. The Morgan fingerprint density at radius 1 is 1.15 bits per heavy atom. The Morgan fingerprint density at radius 2 is 1.75 bits per heavy atom. The number of hydrogen-bond donors (Lipinski definition) is 2. The van der Waals surface area contributed by atoms with Gasteiger partial charge in [0.25, 0.3) is 8.18 Å². The minimum absolute atomic E-state index is 0.336. The minimum atomic E-state index is -3.24. The molecule has 2 N–H and O–H groups in total. The number of aromatic nitrogens is 1. The van der Waals surface area contributed by atoms with Crippen LogP contribution in [0.4, 0.5) is 5.69 Å². The SMILES string of the molecule is O=C(O)C(c1ccccc1)N(c1ccncc1)[PH](=O)O. The maximum absolute atomic E-state index is 11.6. The van der Waals surface area contributed by atoms with Gasteiger partial charge in [0.1, 0.15) is 0 Å². The Hall–Kier alpha value is -2.17. The second-order valence-electron chi connectivity index (χ2n) is 4.01. The molecule has 6 nitrogen and oxygen atoms in total. The summed E-state index contributed by atoms with van der Waals surface area (Å²) in [4.78, 5) is 24.9. The van der Waals surface area contributed by atoms with Crippen LogP contribution < -0.4 is 4.67 Å². The quantitative estimate of drug-likeness (QED) is 0.820. The predicted molar refractivity (Wildman–Crippen MR) is 74.8 cm³/mol. The third kappa shape index (κ3) is 3.04. The lowest BCUT2D eigenvalue weighted by molar-refractivity contribution is -0.138. The second kappa shape index (κ2) is 6.32. The highest BCUT2D eigenvalue weighted by Gasteiger charge is 2.30. The van der Waals surface area contributed by atoms with E-state index in [2.05, 4.69) is 4.98 Å². The summed E-state index contributed by atoms with van der Waals surface area (Å²) in [5.41, 5.74) is 0.770. The fraction of sp³-hybridized carbons (Fsp3) is 0.0769. The average Bonchev–Trinajstić information content (AvgIpc) is 2.45. The van der Waals surface area contributed by atoms with Gasteiger partial charge < -0.3 is 10.00 Å². The molecule has 2 aromatic rings. The van der Waals surface area contributed by atoms with Gasteiger partial charge in [-0.15, -0.1) is 0 Å². The monoisotopic (exact) mass is 292 g/mol. The Balaban J connectivity index is 2.50. The van der Waals surface area contributed by atoms with E-state index in [4.69, 9.17) is 0 Å². The lowest BCUT2D eigenvalue weighted by Gasteiger charge is -2.28. The highest BCUT2D eigenvalue weighted by molar-refractivity contribution is 7.40. The number of aliphatic carboxylic acids is 1. The predicted octanol–water partition coefficient (Wildman–Crippen LogP) is 2.10. The molecule has 2 atom stereocenters. The van der Waals surface area contributed by atoms with Gasteiger partial charge in [0.15, 0.2) is 6.04 Å². The van der Waals surface area contributed by atoms with Crippen molar-refractivity contribution in [1.29, 1.82) is 0 Å². The first kappa shape index (κ1) is 14.2. The van der Waals surface area contributed by atoms with Crippen molar-refractivity contribution in [2.24, 2.45) is 0 Å². The summed E-state index contributed by atoms with van der Waals surface area (Å²) in [7, 11) is -3.24. The van der Waals surface area contributed by atoms with Crippen molar-refractivity contribution >= 4 is 19.8 Å². The molecule has 0 spiro atoms. The maximum Gasteiger partial charge on any atom is 0.331 e. The second-order valence-corrected chi connectivity index (χ2v) is 5.06. The molecule has 0 aliphatic rings. The normalized spacial score (nSPS) is 13.4. The summed E-state index contributed by atoms with van der Waals surface area (Å²) in [6.45, 7) is 0. The van der Waals surface area contributed by atoms with Gasteiger partial charge in [-0.25, -0.2) is 4.79 Å². The van der Waals surface area contributed by atoms with Crippen LogP contribution in [0.15, 0.2) is 54.9 Å². The van der Waals surface area contributed by atoms with Crippen molar-refractivity contribution in [2.45, 2.75) is 6.04 Å². The fourth-order valence-electron chi connectivity index (χ4n) is 1.91. The largest absolute Gasteiger partial charge is 0.479 e. The summed E-state index contributed by atoms with van der Waals surface area (Å²) < 4.78 is 12.6. The molecule has 1 heterocycles. The van der Waals surface area contributed by atoms with E-state index in [0.717, 1.165) is 4.67 Å². The van der Waals surface area contributed by atoms with Crippen molar-refractivity contribution < 1.29 is 19.4 Å². The molecule has 2 rings (SSSR count). The summed E-state index contributed by atoms with van der Waals surface area (Å²) in [5.74, 6) is -1.19. The van der Waals surface area contributed by atoms with Crippen molar-refractivity contribution in [3.8, 4) is 0 Å². The van der Waals surface area contributed by atoms with E-state index in [1.54, 1.807) is 30.3 Å². The first-order valence-corrected chi connectivity index (χ1v) is 7.11. The van der Waals surface area contributed by atoms with Gasteiger partial charge in [-0.1, -0.05) is 30.3 Å². The zero-order valence-electron chi connectivity index (χ0n) is 10.4. The molecular weight excluding hydrogens is 279 g/mol. The Bertz CT molecular complexity index is 551. The summed E-state index contributed by atoms with van der Waals surface area (Å²) in [6, 6.07) is 10.1. The number of anilines is 1. The Morgan fingerprint density at radius 3 is 2.25 bits per heavy atom. The van der Waals surface area contributed by atoms with Gasteiger partial charge >= 0.3 is 5.97 Å². The van der Waals surface area contributed by atoms with Crippen LogP contribution in [0.2, 0.25) is 0 Å². The van der Waals surface area contributed by atoms with Crippen molar-refractivity contribution in [3.63, 3.8) is 0 Å². The molecule has 0 aliphatic heterocycles. The molecule has 1 aromatic heterocycles. The van der Waals surface area contributed by atoms with Gasteiger partial charge in [-0.05, 0) is 17.7 Å². The van der Waals surface area contributed by atoms with Crippen molar-refractivity contribution in [3.05, 3.63) is 60.4 Å². The molecule has 0 amide bonds. The van der Waals surface area contributed by atoms with E-state index >= 15 is 0 Å². The molecule has 0 saturated carbocycles. The van der Waals surface area contributed by atoms with Crippen LogP contribution in [-0.4, -0.2) is 21.0 Å². The number of rotatable bonds is 5. The van der Waals surface area contributed by atoms with Gasteiger partial charge in [0.2, 0.25) is 0 Å². The maximum atomic E-state index is 11.6. The summed E-state index contributed by atoms with van der Waals surface area (Å²) in [5, 5.41) is 9.42. The number of nitrogens with zero attached hydrogens (tertiary/aromatic N) is 2. The van der Waals surface area contributed by atoms with Gasteiger partial charge in [-0.2, -0.15) is 0 Å². The highest BCUT2D eigenvalue weighted by atomic mass is 31.1. The standard InChI is InChI=1S/C13H13N2O4P/c16-13(17)12(10-4-2-1-3-5-10)15(20(18)19)11-6-8-14-9-7-11/h1-9,12,20H,(H,16,17)(H,18,19). The summed E-state index contributed by atoms with van der Waals surface area (Å²) in [6.07, 6.45) is 2.88. The fourth-order valence-corrected chi connectivity index (χ4v) is 2.76. The minimum Gasteiger partial charge on any atom is -0.479 e. The van der Waals surface area contributed by atoms with Crippen LogP contribution in [0.1, 0.15) is 11.6 Å². The van der Waals surface area contributed by atoms with Crippen LogP contribution in [0.5, 0.6) is 0 Å². The van der Waals surface area contributed by atoms with E-state index in [-0.39, 0.29) is 0 Å². The molecule has 0 saturated heterocycles. The molecule has 0 fully saturated rings. The third-order valence-electron chi connectivity index (χ3n) is 2.75. The van der Waals surface area contributed by atoms with E-state index in [9.17, 15) is 19.4 Å². The van der Waals surface area contributed by atoms with Crippen molar-refractivity contribution in [1.82, 2.24) is 4.98 Å². The van der Waals surface area contributed by atoms with Gasteiger partial charge in [0.05, 0.1) is 0 Å². The number of carbonyl (C=O) groups is 1. The molecule has 20 heavy (non-hydrogen) atoms. The Kier molecular flexibility index (Phi) is 4.50. The zero-order chi connectivity index (χ0) is 14.5. The zero-order valence-corrected chi connectivity index (χ0v) is 11.4. The molecule has 0 radical (unpaired) electrons. The first-order valence-electron chi connectivity index (χ1n) is 5.81. The van der Waals surface area contributed by atoms with Gasteiger partial charge in [0, 0.05) is 18.1 Å². The Labute approximate surface area is 116 Å². The average molecular weight is 292 g/mol. The summed E-state index contributed by atoms with van der Waals surface area (Å²) >= 11 is 0. The molecule has 0 aliphatic carbocycles. The number of pyridine rings is 1. The molecule has 7 heteroatoms. The molecular formula is C13H13N2O4P. The van der Waals surface area contributed by atoms with Crippen LogP contribution in [0.25, 0.3) is 0 Å². The van der Waals surface area contributed by atoms with E-state index in [1.165, 1.54) is 24.5 Å². The lowest BCUT2D eigenvalue weighted by atomic mass is 10.1. The smallest absolute Gasteiger partial charge is 0.331 e. The van der Waals surface area contributed by atoms with E-state index in [0.29, 0.717) is 11.3 Å². The number of carboxylic acid groups (broad SMARTS) is 1. The number of carboxylic acids is 1. The molecule has 104 valence electrons. The van der Waals surface area contributed by atoms with E-state index in [1.807, 2.05) is 0 Å². The van der Waals surface area contributed by atoms with Crippen molar-refractivity contribution in [2.75, 3.05) is 4.67 Å². The van der Waals surface area contributed by atoms with Crippen LogP contribution in [0, 0.1) is 0 Å². The van der Waals surface area contributed by atoms with E-state index < -0.39 is 20.2 Å². The lowest BCUT2D eigenvalue weighted by Crippen LogP contribution is -2.28. The van der Waals surface area contributed by atoms with Crippen LogP contribution >= 0.6 is 8.18 Å². The number of benzene rings is 1. The third-order valence-corrected chi connectivity index (χ3v) is 3.68. The van der Waals surface area contributed by atoms with Gasteiger partial charge in [-0.3, -0.25) is 14.2 Å². The number of hydrogen-bond acceptors (Lipinski definition) is 3. The molecule has 2 unspecified atom stereocenters.